The van der Waals surface area contributed by atoms with Crippen LogP contribution in [0.5, 0.6) is 5.75 Å². The summed E-state index contributed by atoms with van der Waals surface area (Å²) in [5.74, 6) is 0.350. The Bertz CT molecular complexity index is 342. The van der Waals surface area contributed by atoms with Gasteiger partial charge in [0, 0.05) is 13.1 Å². The lowest BCUT2D eigenvalue weighted by molar-refractivity contribution is 0.111. The second kappa shape index (κ2) is 4.46. The van der Waals surface area contributed by atoms with E-state index in [1.807, 2.05) is 12.1 Å². The van der Waals surface area contributed by atoms with Crippen LogP contribution in [0, 0.1) is 5.41 Å². The molecule has 2 rings (SSSR count). The third-order valence-electron chi connectivity index (χ3n) is 3.32. The lowest BCUT2D eigenvalue weighted by Crippen LogP contribution is -2.39. The normalized spacial score (nSPS) is 20.9. The van der Waals surface area contributed by atoms with Crippen molar-refractivity contribution in [1.82, 2.24) is 4.90 Å². The van der Waals surface area contributed by atoms with Gasteiger partial charge in [-0.25, -0.2) is 0 Å². The van der Waals surface area contributed by atoms with Crippen molar-refractivity contribution in [2.24, 2.45) is 5.41 Å². The Hall–Kier alpha value is -1.02. The summed E-state index contributed by atoms with van der Waals surface area (Å²) in [4.78, 5) is 2.51. The van der Waals surface area contributed by atoms with Gasteiger partial charge < -0.3 is 5.11 Å². The smallest absolute Gasteiger partial charge is 0.115 e. The lowest BCUT2D eigenvalue weighted by atomic mass is 9.84. The summed E-state index contributed by atoms with van der Waals surface area (Å²) in [6, 6.07) is 7.56. The van der Waals surface area contributed by atoms with E-state index < -0.39 is 0 Å². The van der Waals surface area contributed by atoms with E-state index in [2.05, 4.69) is 18.7 Å². The number of aromatic hydroxyl groups is 1. The summed E-state index contributed by atoms with van der Waals surface area (Å²) in [6.45, 7) is 8.06. The Labute approximate surface area is 97.9 Å². The Balaban J connectivity index is 1.97. The fraction of sp³-hybridized carbons (Fsp3) is 0.571. The number of benzene rings is 1. The highest BCUT2D eigenvalue weighted by atomic mass is 16.3. The van der Waals surface area contributed by atoms with Crippen LogP contribution in [0.4, 0.5) is 0 Å². The quantitative estimate of drug-likeness (QED) is 0.826. The first-order valence-electron chi connectivity index (χ1n) is 6.05. The van der Waals surface area contributed by atoms with E-state index in [-0.39, 0.29) is 0 Å². The summed E-state index contributed by atoms with van der Waals surface area (Å²) in [7, 11) is 0. The predicted molar refractivity (Wildman–Crippen MR) is 66.4 cm³/mol. The summed E-state index contributed by atoms with van der Waals surface area (Å²) in [5, 5.41) is 9.23. The molecule has 1 heterocycles. The van der Waals surface area contributed by atoms with Gasteiger partial charge in [-0.05, 0) is 42.5 Å². The Morgan fingerprint density at radius 3 is 2.56 bits per heavy atom. The first-order valence-corrected chi connectivity index (χ1v) is 6.05. The minimum absolute atomic E-state index is 0.350. The molecule has 0 atom stereocenters. The second-order valence-corrected chi connectivity index (χ2v) is 5.64. The van der Waals surface area contributed by atoms with Gasteiger partial charge in [-0.2, -0.15) is 0 Å². The van der Waals surface area contributed by atoms with E-state index >= 15 is 0 Å². The van der Waals surface area contributed by atoms with Gasteiger partial charge in [0.15, 0.2) is 0 Å². The van der Waals surface area contributed by atoms with Crippen LogP contribution in [0.1, 0.15) is 32.3 Å². The molecule has 2 heteroatoms. The van der Waals surface area contributed by atoms with Crippen LogP contribution in [0.3, 0.4) is 0 Å². The van der Waals surface area contributed by atoms with E-state index in [1.165, 1.54) is 31.5 Å². The molecule has 0 bridgehead atoms. The number of phenolic OH excluding ortho intramolecular Hbond substituents is 1. The van der Waals surface area contributed by atoms with Crippen molar-refractivity contribution < 1.29 is 5.11 Å². The third kappa shape index (κ3) is 2.99. The maximum absolute atomic E-state index is 9.23. The van der Waals surface area contributed by atoms with Crippen LogP contribution in [0.25, 0.3) is 0 Å². The Morgan fingerprint density at radius 1 is 1.25 bits per heavy atom. The second-order valence-electron chi connectivity index (χ2n) is 5.64. The van der Waals surface area contributed by atoms with E-state index in [1.54, 1.807) is 12.1 Å². The average molecular weight is 219 g/mol. The molecule has 1 aliphatic heterocycles. The van der Waals surface area contributed by atoms with Gasteiger partial charge in [-0.1, -0.05) is 26.0 Å². The summed E-state index contributed by atoms with van der Waals surface area (Å²) in [5.41, 5.74) is 1.74. The molecule has 2 nitrogen and oxygen atoms in total. The molecule has 1 aromatic rings. The van der Waals surface area contributed by atoms with Gasteiger partial charge in [0.25, 0.3) is 0 Å². The number of rotatable bonds is 2. The lowest BCUT2D eigenvalue weighted by Gasteiger charge is -2.38. The van der Waals surface area contributed by atoms with E-state index in [9.17, 15) is 5.11 Å². The van der Waals surface area contributed by atoms with Crippen molar-refractivity contribution in [3.05, 3.63) is 29.8 Å². The molecule has 0 saturated carbocycles. The predicted octanol–water partition coefficient (Wildman–Crippen LogP) is 3.01. The summed E-state index contributed by atoms with van der Waals surface area (Å²) in [6.07, 6.45) is 2.63. The van der Waals surface area contributed by atoms with Crippen LogP contribution in [-0.2, 0) is 6.54 Å². The molecular weight excluding hydrogens is 198 g/mol. The molecule has 0 radical (unpaired) electrons. The first kappa shape index (κ1) is 11.5. The maximum atomic E-state index is 9.23. The molecule has 1 aromatic carbocycles. The monoisotopic (exact) mass is 219 g/mol. The number of phenols is 1. The number of hydrogen-bond acceptors (Lipinski definition) is 2. The van der Waals surface area contributed by atoms with Crippen LogP contribution in [-0.4, -0.2) is 23.1 Å². The Morgan fingerprint density at radius 2 is 1.94 bits per heavy atom. The molecule has 0 amide bonds. The maximum Gasteiger partial charge on any atom is 0.115 e. The van der Waals surface area contributed by atoms with Crippen LogP contribution >= 0.6 is 0 Å². The minimum atomic E-state index is 0.350. The molecule has 0 aromatic heterocycles. The van der Waals surface area contributed by atoms with Gasteiger partial charge in [0.05, 0.1) is 0 Å². The van der Waals surface area contributed by atoms with Gasteiger partial charge >= 0.3 is 0 Å². The highest BCUT2D eigenvalue weighted by Crippen LogP contribution is 2.29. The molecule has 1 saturated heterocycles. The average Bonchev–Trinajstić information content (AvgIpc) is 2.20. The van der Waals surface area contributed by atoms with Gasteiger partial charge in [0.1, 0.15) is 5.75 Å². The number of hydrogen-bond donors (Lipinski definition) is 1. The molecule has 0 aliphatic carbocycles. The molecule has 0 unspecified atom stereocenters. The minimum Gasteiger partial charge on any atom is -0.508 e. The fourth-order valence-electron chi connectivity index (χ4n) is 2.54. The molecular formula is C14H21NO. The van der Waals surface area contributed by atoms with E-state index in [0.29, 0.717) is 11.2 Å². The topological polar surface area (TPSA) is 23.5 Å². The summed E-state index contributed by atoms with van der Waals surface area (Å²) >= 11 is 0. The SMILES string of the molecule is CC1(C)CCCN(Cc2ccc(O)cc2)C1. The highest BCUT2D eigenvalue weighted by Gasteiger charge is 2.25. The number of likely N-dealkylation sites (tertiary alicyclic amines) is 1. The summed E-state index contributed by atoms with van der Waals surface area (Å²) < 4.78 is 0. The Kier molecular flexibility index (Phi) is 3.20. The van der Waals surface area contributed by atoms with E-state index in [0.717, 1.165) is 6.54 Å². The molecule has 1 aliphatic rings. The van der Waals surface area contributed by atoms with Crippen molar-refractivity contribution in [3.8, 4) is 5.75 Å². The number of piperidine rings is 1. The van der Waals surface area contributed by atoms with Gasteiger partial charge in [-0.15, -0.1) is 0 Å². The zero-order chi connectivity index (χ0) is 11.6. The van der Waals surface area contributed by atoms with Crippen LogP contribution in [0.2, 0.25) is 0 Å². The van der Waals surface area contributed by atoms with Gasteiger partial charge in [-0.3, -0.25) is 4.90 Å². The molecule has 1 N–H and O–H groups in total. The van der Waals surface area contributed by atoms with Crippen molar-refractivity contribution in [2.45, 2.75) is 33.2 Å². The van der Waals surface area contributed by atoms with Crippen LogP contribution in [0.15, 0.2) is 24.3 Å². The highest BCUT2D eigenvalue weighted by molar-refractivity contribution is 5.25. The molecule has 88 valence electrons. The zero-order valence-corrected chi connectivity index (χ0v) is 10.2. The third-order valence-corrected chi connectivity index (χ3v) is 3.32. The standard InChI is InChI=1S/C14H21NO/c1-14(2)8-3-9-15(11-14)10-12-4-6-13(16)7-5-12/h4-7,16H,3,8-11H2,1-2H3. The number of nitrogens with zero attached hydrogens (tertiary/aromatic N) is 1. The largest absolute Gasteiger partial charge is 0.508 e. The van der Waals surface area contributed by atoms with Crippen LogP contribution < -0.4 is 0 Å². The fourth-order valence-corrected chi connectivity index (χ4v) is 2.54. The van der Waals surface area contributed by atoms with E-state index in [4.69, 9.17) is 0 Å². The zero-order valence-electron chi connectivity index (χ0n) is 10.2. The first-order chi connectivity index (χ1) is 7.55. The molecule has 16 heavy (non-hydrogen) atoms. The molecule has 1 fully saturated rings. The van der Waals surface area contributed by atoms with Crippen molar-refractivity contribution >= 4 is 0 Å². The molecule has 0 spiro atoms. The van der Waals surface area contributed by atoms with Crippen molar-refractivity contribution in [2.75, 3.05) is 13.1 Å². The van der Waals surface area contributed by atoms with Crippen molar-refractivity contribution in [3.63, 3.8) is 0 Å². The van der Waals surface area contributed by atoms with Gasteiger partial charge in [0.2, 0.25) is 0 Å². The van der Waals surface area contributed by atoms with Crippen molar-refractivity contribution in [1.29, 1.82) is 0 Å².